The number of carbonyl (C=O) groups is 2. The van der Waals surface area contributed by atoms with Crippen LogP contribution < -0.4 is 10.1 Å². The van der Waals surface area contributed by atoms with Crippen molar-refractivity contribution in [3.63, 3.8) is 0 Å². The summed E-state index contributed by atoms with van der Waals surface area (Å²) in [6, 6.07) is 14.9. The SMILES string of the molecule is COc1ccc(CN(C(=O)Cc2cccc(C)c2)[C@@H](C)C(=O)NCC(C)C)cc1. The van der Waals surface area contributed by atoms with Gasteiger partial charge in [0.25, 0.3) is 0 Å². The highest BCUT2D eigenvalue weighted by molar-refractivity contribution is 5.88. The maximum atomic E-state index is 13.2. The van der Waals surface area contributed by atoms with E-state index in [2.05, 4.69) is 5.32 Å². The minimum absolute atomic E-state index is 0.0707. The number of benzene rings is 2. The van der Waals surface area contributed by atoms with Crippen LogP contribution in [-0.2, 0) is 22.6 Å². The highest BCUT2D eigenvalue weighted by atomic mass is 16.5. The van der Waals surface area contributed by atoms with Crippen LogP contribution in [0.4, 0.5) is 0 Å². The van der Waals surface area contributed by atoms with E-state index in [1.54, 1.807) is 18.9 Å². The van der Waals surface area contributed by atoms with Crippen LogP contribution in [0, 0.1) is 12.8 Å². The summed E-state index contributed by atoms with van der Waals surface area (Å²) in [5.74, 6) is 0.904. The molecule has 0 heterocycles. The number of aryl methyl sites for hydroxylation is 1. The fourth-order valence-electron chi connectivity index (χ4n) is 3.06. The first-order valence-corrected chi connectivity index (χ1v) is 10.1. The van der Waals surface area contributed by atoms with E-state index >= 15 is 0 Å². The number of amides is 2. The average Bonchev–Trinajstić information content (AvgIpc) is 2.70. The largest absolute Gasteiger partial charge is 0.497 e. The molecule has 2 rings (SSSR count). The Morgan fingerprint density at radius 2 is 1.72 bits per heavy atom. The smallest absolute Gasteiger partial charge is 0.242 e. The zero-order valence-electron chi connectivity index (χ0n) is 18.1. The van der Waals surface area contributed by atoms with E-state index in [-0.39, 0.29) is 18.2 Å². The van der Waals surface area contributed by atoms with Crippen LogP contribution in [0.25, 0.3) is 0 Å². The zero-order chi connectivity index (χ0) is 21.4. The van der Waals surface area contributed by atoms with Crippen molar-refractivity contribution in [3.8, 4) is 5.75 Å². The molecule has 0 fully saturated rings. The normalized spacial score (nSPS) is 11.8. The summed E-state index contributed by atoms with van der Waals surface area (Å²) in [4.78, 5) is 27.5. The summed E-state index contributed by atoms with van der Waals surface area (Å²) >= 11 is 0. The standard InChI is InChI=1S/C24H32N2O3/c1-17(2)15-25-24(28)19(4)26(16-20-9-11-22(29-5)12-10-20)23(27)14-21-8-6-7-18(3)13-21/h6-13,17,19H,14-16H2,1-5H3,(H,25,28)/t19-/m0/s1. The fourth-order valence-corrected chi connectivity index (χ4v) is 3.06. The first-order valence-electron chi connectivity index (χ1n) is 10.1. The Balaban J connectivity index is 2.20. The van der Waals surface area contributed by atoms with Crippen LogP contribution in [0.1, 0.15) is 37.5 Å². The van der Waals surface area contributed by atoms with Crippen LogP contribution in [0.15, 0.2) is 48.5 Å². The second-order valence-electron chi connectivity index (χ2n) is 7.85. The van der Waals surface area contributed by atoms with Gasteiger partial charge in [0.1, 0.15) is 11.8 Å². The van der Waals surface area contributed by atoms with Crippen molar-refractivity contribution < 1.29 is 14.3 Å². The average molecular weight is 397 g/mol. The van der Waals surface area contributed by atoms with E-state index in [1.165, 1.54) is 0 Å². The van der Waals surface area contributed by atoms with E-state index in [0.717, 1.165) is 22.4 Å². The van der Waals surface area contributed by atoms with Gasteiger partial charge in [-0.15, -0.1) is 0 Å². The number of methoxy groups -OCH3 is 1. The molecule has 2 aromatic rings. The van der Waals surface area contributed by atoms with E-state index in [0.29, 0.717) is 19.0 Å². The number of hydrogen-bond acceptors (Lipinski definition) is 3. The third-order valence-electron chi connectivity index (χ3n) is 4.80. The number of nitrogens with one attached hydrogen (secondary N) is 1. The number of rotatable bonds is 9. The lowest BCUT2D eigenvalue weighted by Gasteiger charge is -2.29. The quantitative estimate of drug-likeness (QED) is 0.703. The van der Waals surface area contributed by atoms with E-state index in [4.69, 9.17) is 4.74 Å². The second-order valence-corrected chi connectivity index (χ2v) is 7.85. The summed E-state index contributed by atoms with van der Waals surface area (Å²) in [6.45, 7) is 8.83. The molecule has 0 aliphatic rings. The highest BCUT2D eigenvalue weighted by Crippen LogP contribution is 2.16. The maximum Gasteiger partial charge on any atom is 0.242 e. The van der Waals surface area contributed by atoms with Crippen molar-refractivity contribution >= 4 is 11.8 Å². The van der Waals surface area contributed by atoms with Gasteiger partial charge in [0, 0.05) is 13.1 Å². The zero-order valence-corrected chi connectivity index (χ0v) is 18.1. The Morgan fingerprint density at radius 1 is 1.03 bits per heavy atom. The number of ether oxygens (including phenoxy) is 1. The summed E-state index contributed by atoms with van der Waals surface area (Å²) in [7, 11) is 1.62. The third kappa shape index (κ3) is 6.93. The van der Waals surface area contributed by atoms with Crippen molar-refractivity contribution in [2.45, 2.75) is 46.7 Å². The van der Waals surface area contributed by atoms with Gasteiger partial charge in [0.2, 0.25) is 11.8 Å². The molecule has 1 N–H and O–H groups in total. The van der Waals surface area contributed by atoms with Gasteiger partial charge < -0.3 is 15.0 Å². The van der Waals surface area contributed by atoms with Crippen molar-refractivity contribution in [1.29, 1.82) is 0 Å². The molecule has 156 valence electrons. The van der Waals surface area contributed by atoms with Crippen LogP contribution in [-0.4, -0.2) is 36.4 Å². The van der Waals surface area contributed by atoms with Gasteiger partial charge in [-0.25, -0.2) is 0 Å². The van der Waals surface area contributed by atoms with Gasteiger partial charge in [0.05, 0.1) is 13.5 Å². The Kier molecular flexibility index (Phi) is 8.25. The summed E-state index contributed by atoms with van der Waals surface area (Å²) in [5, 5.41) is 2.94. The van der Waals surface area contributed by atoms with Crippen LogP contribution in [0.3, 0.4) is 0 Å². The lowest BCUT2D eigenvalue weighted by Crippen LogP contribution is -2.48. The Labute approximate surface area is 174 Å². The van der Waals surface area contributed by atoms with E-state index in [1.807, 2.05) is 69.3 Å². The first-order chi connectivity index (χ1) is 13.8. The molecule has 5 heteroatoms. The molecule has 0 unspecified atom stereocenters. The van der Waals surface area contributed by atoms with Gasteiger partial charge in [-0.1, -0.05) is 55.8 Å². The lowest BCUT2D eigenvalue weighted by atomic mass is 10.1. The summed E-state index contributed by atoms with van der Waals surface area (Å²) in [5.41, 5.74) is 3.01. The molecule has 5 nitrogen and oxygen atoms in total. The molecule has 0 saturated carbocycles. The van der Waals surface area contributed by atoms with Crippen molar-refractivity contribution in [2.75, 3.05) is 13.7 Å². The molecule has 0 aliphatic heterocycles. The molecule has 0 bridgehead atoms. The van der Waals surface area contributed by atoms with E-state index < -0.39 is 6.04 Å². The second kappa shape index (κ2) is 10.6. The van der Waals surface area contributed by atoms with Gasteiger partial charge in [-0.05, 0) is 43.0 Å². The minimum Gasteiger partial charge on any atom is -0.497 e. The summed E-state index contributed by atoms with van der Waals surface area (Å²) < 4.78 is 5.21. The topological polar surface area (TPSA) is 58.6 Å². The van der Waals surface area contributed by atoms with E-state index in [9.17, 15) is 9.59 Å². The molecule has 0 aliphatic carbocycles. The Morgan fingerprint density at radius 3 is 2.31 bits per heavy atom. The van der Waals surface area contributed by atoms with Crippen molar-refractivity contribution in [3.05, 3.63) is 65.2 Å². The van der Waals surface area contributed by atoms with Crippen LogP contribution in [0.5, 0.6) is 5.75 Å². The molecule has 0 saturated heterocycles. The fraction of sp³-hybridized carbons (Fsp3) is 0.417. The number of nitrogens with zero attached hydrogens (tertiary/aromatic N) is 1. The Bertz CT molecular complexity index is 815. The van der Waals surface area contributed by atoms with Gasteiger partial charge in [-0.3, -0.25) is 9.59 Å². The minimum atomic E-state index is -0.562. The third-order valence-corrected chi connectivity index (χ3v) is 4.80. The summed E-state index contributed by atoms with van der Waals surface area (Å²) in [6.07, 6.45) is 0.264. The highest BCUT2D eigenvalue weighted by Gasteiger charge is 2.26. The molecule has 1 atom stereocenters. The van der Waals surface area contributed by atoms with Crippen LogP contribution >= 0.6 is 0 Å². The molecular weight excluding hydrogens is 364 g/mol. The first kappa shape index (κ1) is 22.5. The van der Waals surface area contributed by atoms with Crippen molar-refractivity contribution in [1.82, 2.24) is 10.2 Å². The number of hydrogen-bond donors (Lipinski definition) is 1. The molecule has 2 amide bonds. The molecule has 0 spiro atoms. The molecule has 0 radical (unpaired) electrons. The maximum absolute atomic E-state index is 13.2. The predicted octanol–water partition coefficient (Wildman–Crippen LogP) is 3.74. The lowest BCUT2D eigenvalue weighted by molar-refractivity contribution is -0.140. The molecule has 2 aromatic carbocycles. The predicted molar refractivity (Wildman–Crippen MR) is 116 cm³/mol. The monoisotopic (exact) mass is 396 g/mol. The van der Waals surface area contributed by atoms with Gasteiger partial charge in [-0.2, -0.15) is 0 Å². The number of carbonyl (C=O) groups excluding carboxylic acids is 2. The van der Waals surface area contributed by atoms with Gasteiger partial charge >= 0.3 is 0 Å². The van der Waals surface area contributed by atoms with Crippen molar-refractivity contribution in [2.24, 2.45) is 5.92 Å². The van der Waals surface area contributed by atoms with Crippen LogP contribution in [0.2, 0.25) is 0 Å². The molecule has 29 heavy (non-hydrogen) atoms. The molecular formula is C24H32N2O3. The Hall–Kier alpha value is -2.82. The van der Waals surface area contributed by atoms with Gasteiger partial charge in [0.15, 0.2) is 0 Å². The molecule has 0 aromatic heterocycles.